The van der Waals surface area contributed by atoms with E-state index in [4.69, 9.17) is 14.2 Å². The zero-order chi connectivity index (χ0) is 66.5. The summed E-state index contributed by atoms with van der Waals surface area (Å²) in [5.41, 5.74) is 11.8. The third-order valence-electron chi connectivity index (χ3n) is 20.3. The van der Waals surface area contributed by atoms with Crippen molar-refractivity contribution in [2.45, 2.75) is 161 Å². The van der Waals surface area contributed by atoms with Crippen LogP contribution in [0, 0.1) is 55.7 Å². The van der Waals surface area contributed by atoms with Crippen molar-refractivity contribution in [1.29, 1.82) is 0 Å². The number of hydrogen-bond donors (Lipinski definition) is 1. The van der Waals surface area contributed by atoms with Gasteiger partial charge in [-0.15, -0.1) is 0 Å². The fraction of sp³-hybridized carbons (Fsp3) is 0.301. The van der Waals surface area contributed by atoms with E-state index in [-0.39, 0.29) is 96.1 Å². The van der Waals surface area contributed by atoms with E-state index in [0.29, 0.717) is 35.3 Å². The Labute approximate surface area is 600 Å². The minimum absolute atomic E-state index is 0. The fourth-order valence-electron chi connectivity index (χ4n) is 14.3. The molecule has 0 saturated heterocycles. The number of aliphatic hydroxyl groups is 1. The molecule has 1 N–H and O–H groups in total. The quantitative estimate of drug-likeness (QED) is 0.0730. The predicted octanol–water partition coefficient (Wildman–Crippen LogP) is 17.0. The number of hydrogen-bond acceptors (Lipinski definition) is 8. The summed E-state index contributed by atoms with van der Waals surface area (Å²) < 4.78 is 103. The van der Waals surface area contributed by atoms with Crippen molar-refractivity contribution in [1.82, 2.24) is 0 Å². The summed E-state index contributed by atoms with van der Waals surface area (Å²) in [4.78, 5) is 49.9. The first-order chi connectivity index (χ1) is 45.7. The van der Waals surface area contributed by atoms with E-state index in [2.05, 4.69) is 19.1 Å². The van der Waals surface area contributed by atoms with Gasteiger partial charge >= 0.3 is 29.6 Å². The Morgan fingerprint density at radius 3 is 1.15 bits per heavy atom. The van der Waals surface area contributed by atoms with E-state index in [0.717, 1.165) is 173 Å². The van der Waals surface area contributed by atoms with E-state index in [1.807, 2.05) is 86.6 Å². The molecule has 3 aliphatic carbocycles. The topological polar surface area (TPSA) is 116 Å². The van der Waals surface area contributed by atoms with E-state index >= 15 is 0 Å². The molecule has 16 heteroatoms. The molecule has 99 heavy (non-hydrogen) atoms. The van der Waals surface area contributed by atoms with Crippen LogP contribution in [0.4, 0.5) is 26.3 Å². The van der Waals surface area contributed by atoms with Crippen molar-refractivity contribution in [3.05, 3.63) is 265 Å². The number of aliphatic hydroxyl groups excluding tert-OH is 1. The number of halogens is 6. The first-order valence-electron chi connectivity index (χ1n) is 32.6. The van der Waals surface area contributed by atoms with Crippen LogP contribution in [-0.2, 0) is 25.7 Å². The molecular formula is C83H79BF6NaO8. The predicted molar refractivity (Wildman–Crippen MR) is 372 cm³/mol. The summed E-state index contributed by atoms with van der Waals surface area (Å²) >= 11 is 0. The standard InChI is InChI=1S/C27H24F2O3.C27H22F2O3.C27H24F2O2.2CH4.B.Na.H/c2*1-16-19(10-11-20-24(31)15-27(12-3-13-27)32-26(16)20)18-8-6-17(7-9-18)14-23(30)25-21(28)4-2-5-22(25)29;1-17-21(11-10-20-12-15-27(13-3-14-27)31-26(17)20)19-8-6-18(7-9-19)16-24(30)25-22(28)4-2-5-23(25)29;;;;;/h2,4-11,24,31H,3,12-15H2,1H3;2,4-11H,3,12-15H2,1H3;2,4-11H,3,12-16H2,1H3;2*1H4;;;/q;;;;;;+1;-1. The minimum Gasteiger partial charge on any atom is -1.00 e. The minimum atomic E-state index is -0.852. The third kappa shape index (κ3) is 15.1. The summed E-state index contributed by atoms with van der Waals surface area (Å²) in [6.07, 6.45) is 12.0. The molecule has 1 atom stereocenters. The molecule has 3 heterocycles. The normalized spacial score (nSPS) is 16.4. The molecule has 0 aromatic heterocycles. The number of fused-ring (bicyclic) bond motifs is 3. The Morgan fingerprint density at radius 2 is 0.768 bits per heavy atom. The maximum atomic E-state index is 13.9. The number of ether oxygens (including phenoxy) is 3. The van der Waals surface area contributed by atoms with Gasteiger partial charge in [0.2, 0.25) is 0 Å². The molecular weight excluding hydrogens is 1270 g/mol. The van der Waals surface area contributed by atoms with Gasteiger partial charge in [0.05, 0.1) is 34.8 Å². The summed E-state index contributed by atoms with van der Waals surface area (Å²) in [5, 5.41) is 10.6. The Morgan fingerprint density at radius 1 is 0.434 bits per heavy atom. The second-order valence-electron chi connectivity index (χ2n) is 26.4. The summed E-state index contributed by atoms with van der Waals surface area (Å²) in [5.74, 6) is -4.19. The van der Waals surface area contributed by atoms with Crippen LogP contribution >= 0.6 is 0 Å². The summed E-state index contributed by atoms with van der Waals surface area (Å²) in [7, 11) is 0. The molecule has 0 amide bonds. The molecule has 505 valence electrons. The van der Waals surface area contributed by atoms with Gasteiger partial charge in [-0.05, 0) is 206 Å². The van der Waals surface area contributed by atoms with Crippen molar-refractivity contribution in [2.75, 3.05) is 0 Å². The van der Waals surface area contributed by atoms with Crippen LogP contribution in [-0.4, -0.2) is 53.5 Å². The van der Waals surface area contributed by atoms with Crippen molar-refractivity contribution in [3.8, 4) is 50.6 Å². The van der Waals surface area contributed by atoms with Crippen LogP contribution in [0.15, 0.2) is 164 Å². The number of carbonyl (C=O) groups is 4. The first kappa shape index (κ1) is 74.9. The maximum Gasteiger partial charge on any atom is 1.00 e. The Bertz CT molecular complexity index is 4470. The second kappa shape index (κ2) is 30.6. The Hall–Kier alpha value is -8.34. The molecule has 3 saturated carbocycles. The largest absolute Gasteiger partial charge is 1.00 e. The molecule has 3 radical (unpaired) electrons. The Balaban J connectivity index is 0.000000186. The van der Waals surface area contributed by atoms with Gasteiger partial charge < -0.3 is 20.7 Å². The second-order valence-corrected chi connectivity index (χ2v) is 26.4. The van der Waals surface area contributed by atoms with E-state index in [1.54, 1.807) is 24.3 Å². The number of aryl methyl sites for hydroxylation is 1. The van der Waals surface area contributed by atoms with E-state index in [9.17, 15) is 50.6 Å². The number of rotatable bonds is 12. The van der Waals surface area contributed by atoms with Gasteiger partial charge in [0.25, 0.3) is 0 Å². The molecule has 15 rings (SSSR count). The number of ketones is 4. The van der Waals surface area contributed by atoms with Crippen LogP contribution in [0.2, 0.25) is 0 Å². The van der Waals surface area contributed by atoms with Crippen molar-refractivity contribution < 1.29 is 95.8 Å². The molecule has 3 fully saturated rings. The van der Waals surface area contributed by atoms with Crippen LogP contribution in [0.1, 0.15) is 185 Å². The third-order valence-corrected chi connectivity index (χ3v) is 20.3. The van der Waals surface area contributed by atoms with Gasteiger partial charge in [-0.3, -0.25) is 19.2 Å². The van der Waals surface area contributed by atoms with Crippen LogP contribution in [0.25, 0.3) is 33.4 Å². The number of carbonyl (C=O) groups excluding carboxylic acids is 4. The number of Topliss-reactive ketones (excluding diaryl/α,β-unsaturated/α-hetero) is 4. The van der Waals surface area contributed by atoms with E-state index in [1.165, 1.54) is 30.2 Å². The van der Waals surface area contributed by atoms with Crippen LogP contribution < -0.4 is 43.8 Å². The molecule has 9 aromatic rings. The summed E-state index contributed by atoms with van der Waals surface area (Å²) in [6, 6.07) is 44.5. The SMILES string of the molecule is C.C.Cc1c(-c2ccc(CC(=O)c3c(F)cccc3F)cc2)ccc2c1OC1(CCC1)CC2.Cc1c(-c2ccc(CC(=O)c3c(F)cccc3F)cc2)ccc2c1OC1(CCC1)CC2=O.Cc1c(-c2ccc(CC(=O)c3c(F)cccc3F)cc2)ccc2c1OC1(CCC1)CC2O.[B].[H-].[Na+]. The van der Waals surface area contributed by atoms with Gasteiger partial charge in [0, 0.05) is 39.7 Å². The molecule has 3 spiro atoms. The van der Waals surface area contributed by atoms with Crippen molar-refractivity contribution in [2.24, 2.45) is 0 Å². The molecule has 9 aromatic carbocycles. The van der Waals surface area contributed by atoms with Gasteiger partial charge in [0.1, 0.15) is 69.0 Å². The average Bonchev–Trinajstić information content (AvgIpc) is 0.744. The summed E-state index contributed by atoms with van der Waals surface area (Å²) in [6.45, 7) is 6.05. The van der Waals surface area contributed by atoms with Crippen LogP contribution in [0.3, 0.4) is 0 Å². The molecule has 6 aliphatic rings. The molecule has 8 nitrogen and oxygen atoms in total. The maximum absolute atomic E-state index is 13.9. The zero-order valence-electron chi connectivity index (χ0n) is 55.6. The van der Waals surface area contributed by atoms with Gasteiger partial charge in [-0.25, -0.2) is 26.3 Å². The average molecular weight is 1350 g/mol. The van der Waals surface area contributed by atoms with Crippen LogP contribution in [0.5, 0.6) is 17.2 Å². The molecule has 1 unspecified atom stereocenters. The first-order valence-corrected chi connectivity index (χ1v) is 32.6. The van der Waals surface area contributed by atoms with Gasteiger partial charge in [-0.1, -0.05) is 136 Å². The monoisotopic (exact) mass is 1350 g/mol. The Kier molecular flexibility index (Phi) is 23.2. The van der Waals surface area contributed by atoms with Gasteiger partial charge in [-0.2, -0.15) is 0 Å². The van der Waals surface area contributed by atoms with E-state index < -0.39 is 75.0 Å². The van der Waals surface area contributed by atoms with Gasteiger partial charge in [0.15, 0.2) is 23.1 Å². The molecule has 0 bridgehead atoms. The van der Waals surface area contributed by atoms with Crippen molar-refractivity contribution >= 4 is 31.5 Å². The van der Waals surface area contributed by atoms with Crippen molar-refractivity contribution in [3.63, 3.8) is 0 Å². The zero-order valence-corrected chi connectivity index (χ0v) is 56.6. The molecule has 3 aliphatic heterocycles. The smallest absolute Gasteiger partial charge is 1.00 e. The fourth-order valence-corrected chi connectivity index (χ4v) is 14.3. The number of benzene rings is 9.